The minimum absolute atomic E-state index is 0.170. The summed E-state index contributed by atoms with van der Waals surface area (Å²) in [6, 6.07) is 19.0. The van der Waals surface area contributed by atoms with Crippen LogP contribution in [0.4, 0.5) is 17.1 Å². The van der Waals surface area contributed by atoms with Crippen molar-refractivity contribution in [2.45, 2.75) is 0 Å². The quantitative estimate of drug-likeness (QED) is 0.364. The highest BCUT2D eigenvalue weighted by Crippen LogP contribution is 2.20. The van der Waals surface area contributed by atoms with Crippen LogP contribution in [0.2, 0.25) is 5.15 Å². The van der Waals surface area contributed by atoms with E-state index in [1.165, 1.54) is 18.3 Å². The van der Waals surface area contributed by atoms with Crippen molar-refractivity contribution in [2.24, 2.45) is 10.2 Å². The van der Waals surface area contributed by atoms with Crippen LogP contribution in [-0.4, -0.2) is 23.5 Å². The average Bonchev–Trinajstić information content (AvgIpc) is 2.72. The Morgan fingerprint density at radius 1 is 0.964 bits per heavy atom. The molecule has 0 saturated carbocycles. The van der Waals surface area contributed by atoms with E-state index in [4.69, 9.17) is 16.3 Å². The smallest absolute Gasteiger partial charge is 0.338 e. The van der Waals surface area contributed by atoms with Gasteiger partial charge in [-0.15, -0.1) is 0 Å². The second-order valence-electron chi connectivity index (χ2n) is 5.57. The lowest BCUT2D eigenvalue weighted by Gasteiger charge is -2.07. The monoisotopic (exact) mass is 394 g/mol. The number of esters is 1. The first-order valence-electron chi connectivity index (χ1n) is 8.25. The van der Waals surface area contributed by atoms with E-state index in [1.807, 2.05) is 30.3 Å². The predicted octanol–water partition coefficient (Wildman–Crippen LogP) is 4.95. The average molecular weight is 395 g/mol. The van der Waals surface area contributed by atoms with Crippen LogP contribution in [-0.2, 0) is 9.53 Å². The fourth-order valence-electron chi connectivity index (χ4n) is 2.16. The minimum atomic E-state index is -0.656. The molecule has 3 rings (SSSR count). The third-order valence-electron chi connectivity index (χ3n) is 3.48. The van der Waals surface area contributed by atoms with Crippen molar-refractivity contribution in [2.75, 3.05) is 11.9 Å². The lowest BCUT2D eigenvalue weighted by atomic mass is 10.3. The molecule has 1 aromatic heterocycles. The van der Waals surface area contributed by atoms with E-state index in [1.54, 1.807) is 24.3 Å². The Kier molecular flexibility index (Phi) is 6.43. The second-order valence-corrected chi connectivity index (χ2v) is 5.96. The maximum Gasteiger partial charge on any atom is 0.338 e. The molecule has 1 amide bonds. The molecule has 140 valence electrons. The molecule has 8 heteroatoms. The maximum absolute atomic E-state index is 11.9. The fraction of sp³-hybridized carbons (Fsp3) is 0.0500. The Balaban J connectivity index is 1.50. The summed E-state index contributed by atoms with van der Waals surface area (Å²) in [7, 11) is 0. The molecule has 28 heavy (non-hydrogen) atoms. The summed E-state index contributed by atoms with van der Waals surface area (Å²) in [5, 5.41) is 11.0. The Bertz CT molecular complexity index is 992. The van der Waals surface area contributed by atoms with E-state index in [-0.39, 0.29) is 10.7 Å². The summed E-state index contributed by atoms with van der Waals surface area (Å²) in [6.07, 6.45) is 1.38. The minimum Gasteiger partial charge on any atom is -0.452 e. The summed E-state index contributed by atoms with van der Waals surface area (Å²) in [5.41, 5.74) is 2.16. The van der Waals surface area contributed by atoms with E-state index >= 15 is 0 Å². The number of anilines is 1. The van der Waals surface area contributed by atoms with Crippen molar-refractivity contribution < 1.29 is 14.3 Å². The number of carbonyl (C=O) groups is 2. The van der Waals surface area contributed by atoms with Gasteiger partial charge in [0, 0.05) is 11.9 Å². The van der Waals surface area contributed by atoms with Crippen LogP contribution < -0.4 is 5.32 Å². The van der Waals surface area contributed by atoms with Gasteiger partial charge in [-0.05, 0) is 48.5 Å². The Morgan fingerprint density at radius 2 is 1.64 bits per heavy atom. The van der Waals surface area contributed by atoms with Crippen LogP contribution in [0.15, 0.2) is 83.2 Å². The largest absolute Gasteiger partial charge is 0.452 e. The molecule has 0 aliphatic heterocycles. The van der Waals surface area contributed by atoms with Gasteiger partial charge in [-0.25, -0.2) is 9.78 Å². The van der Waals surface area contributed by atoms with Crippen LogP contribution in [0.1, 0.15) is 10.4 Å². The number of benzene rings is 2. The predicted molar refractivity (Wildman–Crippen MR) is 105 cm³/mol. The molecule has 0 aliphatic rings. The van der Waals surface area contributed by atoms with Gasteiger partial charge in [-0.1, -0.05) is 29.8 Å². The number of carbonyl (C=O) groups excluding carboxylic acids is 2. The number of ether oxygens (including phenoxy) is 1. The molecule has 1 N–H and O–H groups in total. The third kappa shape index (κ3) is 5.72. The number of azo groups is 1. The molecule has 0 aliphatic carbocycles. The van der Waals surface area contributed by atoms with Crippen LogP contribution in [0.3, 0.4) is 0 Å². The van der Waals surface area contributed by atoms with E-state index in [0.717, 1.165) is 5.69 Å². The standard InChI is InChI=1S/C20H15ClN4O3/c21-18-12-14(10-11-22-18)20(27)28-13-19(26)23-15-6-8-17(9-7-15)25-24-16-4-2-1-3-5-16/h1-12H,13H2,(H,23,26). The fourth-order valence-corrected chi connectivity index (χ4v) is 2.34. The number of pyridine rings is 1. The van der Waals surface area contributed by atoms with E-state index in [0.29, 0.717) is 11.4 Å². The summed E-state index contributed by atoms with van der Waals surface area (Å²) < 4.78 is 4.96. The van der Waals surface area contributed by atoms with Crippen LogP contribution in [0.5, 0.6) is 0 Å². The topological polar surface area (TPSA) is 93.0 Å². The van der Waals surface area contributed by atoms with Gasteiger partial charge in [0.05, 0.1) is 16.9 Å². The van der Waals surface area contributed by atoms with Gasteiger partial charge in [0.2, 0.25) is 0 Å². The zero-order valence-corrected chi connectivity index (χ0v) is 15.3. The Morgan fingerprint density at radius 3 is 2.32 bits per heavy atom. The summed E-state index contributed by atoms with van der Waals surface area (Å²) >= 11 is 5.72. The number of nitrogens with zero attached hydrogens (tertiary/aromatic N) is 3. The number of hydrogen-bond acceptors (Lipinski definition) is 6. The van der Waals surface area contributed by atoms with E-state index in [9.17, 15) is 9.59 Å². The van der Waals surface area contributed by atoms with Gasteiger partial charge in [0.15, 0.2) is 6.61 Å². The van der Waals surface area contributed by atoms with Crippen LogP contribution in [0.25, 0.3) is 0 Å². The zero-order chi connectivity index (χ0) is 19.8. The molecular weight excluding hydrogens is 380 g/mol. The summed E-state index contributed by atoms with van der Waals surface area (Å²) in [5.74, 6) is -1.12. The van der Waals surface area contributed by atoms with Crippen molar-refractivity contribution in [3.63, 3.8) is 0 Å². The van der Waals surface area contributed by atoms with Gasteiger partial charge < -0.3 is 10.1 Å². The lowest BCUT2D eigenvalue weighted by Crippen LogP contribution is -2.20. The number of halogens is 1. The normalized spacial score (nSPS) is 10.6. The van der Waals surface area contributed by atoms with Crippen LogP contribution >= 0.6 is 11.6 Å². The van der Waals surface area contributed by atoms with Crippen molar-refractivity contribution in [3.05, 3.63) is 83.6 Å². The SMILES string of the molecule is O=C(COC(=O)c1ccnc(Cl)c1)Nc1ccc(N=Nc2ccccc2)cc1. The number of nitrogens with one attached hydrogen (secondary N) is 1. The first kappa shape index (κ1) is 19.2. The molecule has 0 spiro atoms. The Labute approximate surface area is 166 Å². The maximum atomic E-state index is 11.9. The second kappa shape index (κ2) is 9.38. The van der Waals surface area contributed by atoms with Crippen molar-refractivity contribution in [1.82, 2.24) is 4.98 Å². The molecular formula is C20H15ClN4O3. The molecule has 1 heterocycles. The number of aromatic nitrogens is 1. The molecule has 0 radical (unpaired) electrons. The highest BCUT2D eigenvalue weighted by atomic mass is 35.5. The van der Waals surface area contributed by atoms with Gasteiger partial charge in [-0.2, -0.15) is 10.2 Å². The summed E-state index contributed by atoms with van der Waals surface area (Å²) in [4.78, 5) is 27.6. The first-order chi connectivity index (χ1) is 13.6. The van der Waals surface area contributed by atoms with Crippen molar-refractivity contribution in [1.29, 1.82) is 0 Å². The van der Waals surface area contributed by atoms with Gasteiger partial charge in [-0.3, -0.25) is 4.79 Å². The summed E-state index contributed by atoms with van der Waals surface area (Å²) in [6.45, 7) is -0.422. The van der Waals surface area contributed by atoms with Crippen molar-refractivity contribution >= 4 is 40.5 Å². The number of hydrogen-bond donors (Lipinski definition) is 1. The molecule has 2 aromatic carbocycles. The number of rotatable bonds is 6. The molecule has 0 fully saturated rings. The van der Waals surface area contributed by atoms with Gasteiger partial charge in [0.1, 0.15) is 5.15 Å². The van der Waals surface area contributed by atoms with Gasteiger partial charge >= 0.3 is 5.97 Å². The zero-order valence-electron chi connectivity index (χ0n) is 14.6. The van der Waals surface area contributed by atoms with Crippen molar-refractivity contribution in [3.8, 4) is 0 Å². The lowest BCUT2D eigenvalue weighted by molar-refractivity contribution is -0.119. The molecule has 3 aromatic rings. The first-order valence-corrected chi connectivity index (χ1v) is 8.63. The number of amides is 1. The molecule has 0 unspecified atom stereocenters. The van der Waals surface area contributed by atoms with Gasteiger partial charge in [0.25, 0.3) is 5.91 Å². The molecule has 0 bridgehead atoms. The highest BCUT2D eigenvalue weighted by Gasteiger charge is 2.11. The molecule has 7 nitrogen and oxygen atoms in total. The van der Waals surface area contributed by atoms with Crippen LogP contribution in [0, 0.1) is 0 Å². The third-order valence-corrected chi connectivity index (χ3v) is 3.69. The Hall–Kier alpha value is -3.58. The highest BCUT2D eigenvalue weighted by molar-refractivity contribution is 6.29. The molecule has 0 atom stereocenters. The van der Waals surface area contributed by atoms with E-state index in [2.05, 4.69) is 20.5 Å². The molecule has 0 saturated heterocycles. The van der Waals surface area contributed by atoms with E-state index < -0.39 is 18.5 Å².